The van der Waals surface area contributed by atoms with E-state index in [1.54, 1.807) is 6.20 Å². The molecule has 2 nitrogen and oxygen atoms in total. The number of pyridine rings is 1. The van der Waals surface area contributed by atoms with Crippen LogP contribution in [0, 0.1) is 0 Å². The molecular weight excluding hydrogens is 240 g/mol. The molecule has 0 atom stereocenters. The fourth-order valence-corrected chi connectivity index (χ4v) is 1.67. The maximum Gasteiger partial charge on any atom is 0.106 e. The predicted molar refractivity (Wildman–Crippen MR) is 61.8 cm³/mol. The number of nitrogens with zero attached hydrogens (tertiary/aromatic N) is 1. The van der Waals surface area contributed by atoms with Crippen LogP contribution in [0.15, 0.2) is 47.2 Å². The first-order valence-corrected chi connectivity index (χ1v) is 5.02. The van der Waals surface area contributed by atoms with Gasteiger partial charge in [-0.3, -0.25) is 0 Å². The number of aromatic nitrogens is 1. The van der Waals surface area contributed by atoms with E-state index in [1.807, 2.05) is 36.4 Å². The molecule has 3 heteroatoms. The molecule has 0 fully saturated rings. The maximum atomic E-state index is 5.71. The molecule has 1 aromatic heterocycles. The highest BCUT2D eigenvalue weighted by Gasteiger charge is 1.98. The summed E-state index contributed by atoms with van der Waals surface area (Å²) in [5, 5.41) is 0. The van der Waals surface area contributed by atoms with E-state index in [-0.39, 0.29) is 0 Å². The summed E-state index contributed by atoms with van der Waals surface area (Å²) in [7, 11) is 0. The monoisotopic (exact) mass is 248 g/mol. The molecule has 2 aromatic rings. The third-order valence-corrected chi connectivity index (χ3v) is 2.38. The van der Waals surface area contributed by atoms with E-state index in [0.29, 0.717) is 0 Å². The van der Waals surface area contributed by atoms with E-state index in [2.05, 4.69) is 20.9 Å². The summed E-state index contributed by atoms with van der Waals surface area (Å²) in [6.45, 7) is 0. The van der Waals surface area contributed by atoms with Gasteiger partial charge in [-0.25, -0.2) is 4.98 Å². The standard InChI is InChI=1S/C11H9BrN2/c12-11-7-9(4-5-14-11)8-2-1-3-10(13)6-8/h1-7H,13H2. The molecule has 1 heterocycles. The minimum Gasteiger partial charge on any atom is -0.399 e. The zero-order chi connectivity index (χ0) is 9.97. The fourth-order valence-electron chi connectivity index (χ4n) is 1.30. The van der Waals surface area contributed by atoms with Gasteiger partial charge in [0, 0.05) is 11.9 Å². The van der Waals surface area contributed by atoms with Gasteiger partial charge >= 0.3 is 0 Å². The molecule has 1 aromatic carbocycles. The largest absolute Gasteiger partial charge is 0.399 e. The molecule has 0 saturated carbocycles. The molecule has 2 rings (SSSR count). The van der Waals surface area contributed by atoms with Gasteiger partial charge in [0.15, 0.2) is 0 Å². The van der Waals surface area contributed by atoms with Gasteiger partial charge in [-0.15, -0.1) is 0 Å². The van der Waals surface area contributed by atoms with Gasteiger partial charge in [0.25, 0.3) is 0 Å². The summed E-state index contributed by atoms with van der Waals surface area (Å²) in [4.78, 5) is 4.07. The number of halogens is 1. The Balaban J connectivity index is 2.49. The van der Waals surface area contributed by atoms with Gasteiger partial charge in [-0.1, -0.05) is 12.1 Å². The van der Waals surface area contributed by atoms with E-state index in [4.69, 9.17) is 5.73 Å². The number of rotatable bonds is 1. The van der Waals surface area contributed by atoms with Crippen LogP contribution >= 0.6 is 15.9 Å². The lowest BCUT2D eigenvalue weighted by Gasteiger charge is -2.02. The SMILES string of the molecule is Nc1cccc(-c2ccnc(Br)c2)c1. The average Bonchev–Trinajstić information content (AvgIpc) is 2.18. The maximum absolute atomic E-state index is 5.71. The minimum atomic E-state index is 0.774. The number of hydrogen-bond acceptors (Lipinski definition) is 2. The minimum absolute atomic E-state index is 0.774. The van der Waals surface area contributed by atoms with Crippen LogP contribution < -0.4 is 5.73 Å². The van der Waals surface area contributed by atoms with Crippen molar-refractivity contribution in [3.63, 3.8) is 0 Å². The molecule has 70 valence electrons. The Hall–Kier alpha value is -1.35. The Kier molecular flexibility index (Phi) is 2.50. The zero-order valence-electron chi connectivity index (χ0n) is 7.44. The molecule has 2 N–H and O–H groups in total. The van der Waals surface area contributed by atoms with Gasteiger partial charge in [0.2, 0.25) is 0 Å². The van der Waals surface area contributed by atoms with Crippen molar-refractivity contribution in [1.29, 1.82) is 0 Å². The van der Waals surface area contributed by atoms with Crippen LogP contribution in [0.1, 0.15) is 0 Å². The van der Waals surface area contributed by atoms with E-state index >= 15 is 0 Å². The molecule has 0 aliphatic carbocycles. The smallest absolute Gasteiger partial charge is 0.106 e. The second-order valence-corrected chi connectivity index (χ2v) is 3.81. The first-order valence-electron chi connectivity index (χ1n) is 4.23. The van der Waals surface area contributed by atoms with Gasteiger partial charge in [-0.2, -0.15) is 0 Å². The molecule has 0 amide bonds. The van der Waals surface area contributed by atoms with Gasteiger partial charge in [-0.05, 0) is 51.3 Å². The third-order valence-electron chi connectivity index (χ3n) is 1.95. The van der Waals surface area contributed by atoms with Gasteiger partial charge in [0.05, 0.1) is 0 Å². The third kappa shape index (κ3) is 1.93. The van der Waals surface area contributed by atoms with Crippen molar-refractivity contribution in [1.82, 2.24) is 4.98 Å². The highest BCUT2D eigenvalue weighted by molar-refractivity contribution is 9.10. The summed E-state index contributed by atoms with van der Waals surface area (Å²) in [6, 6.07) is 11.7. The first kappa shape index (κ1) is 9.21. The number of hydrogen-bond donors (Lipinski definition) is 1. The molecular formula is C11H9BrN2. The Labute approximate surface area is 90.9 Å². The first-order chi connectivity index (χ1) is 6.75. The molecule has 0 unspecified atom stereocenters. The summed E-state index contributed by atoms with van der Waals surface area (Å²) in [5.74, 6) is 0. The molecule has 0 aliphatic rings. The molecule has 0 spiro atoms. The number of benzene rings is 1. The van der Waals surface area contributed by atoms with Gasteiger partial charge < -0.3 is 5.73 Å². The van der Waals surface area contributed by atoms with Crippen molar-refractivity contribution in [3.05, 3.63) is 47.2 Å². The summed E-state index contributed by atoms with van der Waals surface area (Å²) in [6.07, 6.45) is 1.77. The molecule has 0 saturated heterocycles. The van der Waals surface area contributed by atoms with Crippen LogP contribution in [0.2, 0.25) is 0 Å². The van der Waals surface area contributed by atoms with E-state index < -0.39 is 0 Å². The van der Waals surface area contributed by atoms with Crippen molar-refractivity contribution in [2.75, 3.05) is 5.73 Å². The average molecular weight is 249 g/mol. The molecule has 0 bridgehead atoms. The highest BCUT2D eigenvalue weighted by Crippen LogP contribution is 2.22. The lowest BCUT2D eigenvalue weighted by molar-refractivity contribution is 1.28. The Bertz CT molecular complexity index is 411. The van der Waals surface area contributed by atoms with E-state index in [1.165, 1.54) is 0 Å². The van der Waals surface area contributed by atoms with E-state index in [9.17, 15) is 0 Å². The summed E-state index contributed by atoms with van der Waals surface area (Å²) in [5.41, 5.74) is 8.70. The van der Waals surface area contributed by atoms with Gasteiger partial charge in [0.1, 0.15) is 4.60 Å². The van der Waals surface area contributed by atoms with Crippen molar-refractivity contribution >= 4 is 21.6 Å². The second kappa shape index (κ2) is 3.80. The van der Waals surface area contributed by atoms with Crippen LogP contribution in [0.4, 0.5) is 5.69 Å². The van der Waals surface area contributed by atoms with E-state index in [0.717, 1.165) is 21.4 Å². The van der Waals surface area contributed by atoms with Crippen LogP contribution in [0.5, 0.6) is 0 Å². The highest BCUT2D eigenvalue weighted by atomic mass is 79.9. The molecule has 14 heavy (non-hydrogen) atoms. The summed E-state index contributed by atoms with van der Waals surface area (Å²) >= 11 is 3.34. The lowest BCUT2D eigenvalue weighted by atomic mass is 10.1. The fraction of sp³-hybridized carbons (Fsp3) is 0. The topological polar surface area (TPSA) is 38.9 Å². The normalized spacial score (nSPS) is 10.1. The molecule has 0 aliphatic heterocycles. The quantitative estimate of drug-likeness (QED) is 0.623. The van der Waals surface area contributed by atoms with Crippen molar-refractivity contribution in [3.8, 4) is 11.1 Å². The Morgan fingerprint density at radius 1 is 1.07 bits per heavy atom. The number of nitrogens with two attached hydrogens (primary N) is 1. The van der Waals surface area contributed by atoms with Crippen molar-refractivity contribution < 1.29 is 0 Å². The van der Waals surface area contributed by atoms with Crippen LogP contribution in [0.25, 0.3) is 11.1 Å². The number of nitrogen functional groups attached to an aromatic ring is 1. The van der Waals surface area contributed by atoms with Crippen LogP contribution in [-0.2, 0) is 0 Å². The second-order valence-electron chi connectivity index (χ2n) is 2.99. The van der Waals surface area contributed by atoms with Crippen molar-refractivity contribution in [2.24, 2.45) is 0 Å². The van der Waals surface area contributed by atoms with Crippen LogP contribution in [-0.4, -0.2) is 4.98 Å². The summed E-state index contributed by atoms with van der Waals surface area (Å²) < 4.78 is 0.831. The van der Waals surface area contributed by atoms with Crippen LogP contribution in [0.3, 0.4) is 0 Å². The Morgan fingerprint density at radius 3 is 2.57 bits per heavy atom. The lowest BCUT2D eigenvalue weighted by Crippen LogP contribution is -1.85. The zero-order valence-corrected chi connectivity index (χ0v) is 9.03. The van der Waals surface area contributed by atoms with Crippen molar-refractivity contribution in [2.45, 2.75) is 0 Å². The Morgan fingerprint density at radius 2 is 1.86 bits per heavy atom. The number of anilines is 1. The predicted octanol–water partition coefficient (Wildman–Crippen LogP) is 3.09. The molecule has 0 radical (unpaired) electrons.